The smallest absolute Gasteiger partial charge is 0.235 e. The molecular weight excluding hydrogens is 206 g/mol. The average molecular weight is 227 g/mol. The van der Waals surface area contributed by atoms with Crippen molar-refractivity contribution in [3.8, 4) is 0 Å². The summed E-state index contributed by atoms with van der Waals surface area (Å²) in [6.45, 7) is 3.79. The van der Waals surface area contributed by atoms with E-state index in [1.165, 1.54) is 26.2 Å². The number of hydrogen-bond donors (Lipinski definition) is 1. The third kappa shape index (κ3) is 1.95. The Morgan fingerprint density at radius 3 is 2.75 bits per heavy atom. The molecule has 0 amide bonds. The highest BCUT2D eigenvalue weighted by Crippen LogP contribution is 2.58. The van der Waals surface area contributed by atoms with E-state index in [9.17, 15) is 15.2 Å². The van der Waals surface area contributed by atoms with Gasteiger partial charge in [-0.25, -0.2) is 0 Å². The SMILES string of the molecule is CC(C(O)C[C@@H]1CC2CC[C@@]1(C)C2)[N+](=O)[O-]. The van der Waals surface area contributed by atoms with Gasteiger partial charge in [0.1, 0.15) is 6.10 Å². The first-order valence-corrected chi connectivity index (χ1v) is 6.24. The largest absolute Gasteiger partial charge is 0.386 e. The van der Waals surface area contributed by atoms with E-state index in [1.807, 2.05) is 0 Å². The fraction of sp³-hybridized carbons (Fsp3) is 1.00. The summed E-state index contributed by atoms with van der Waals surface area (Å²) in [7, 11) is 0. The third-order valence-electron chi connectivity index (χ3n) is 4.90. The maximum absolute atomic E-state index is 10.6. The minimum Gasteiger partial charge on any atom is -0.386 e. The van der Waals surface area contributed by atoms with Crippen LogP contribution in [0.15, 0.2) is 0 Å². The van der Waals surface area contributed by atoms with Crippen LogP contribution < -0.4 is 0 Å². The standard InChI is InChI=1S/C12H21NO3/c1-8(13(15)16)11(14)6-10-5-9-3-4-12(10,2)7-9/h8-11,14H,3-7H2,1-2H3/t8?,9?,10-,11?,12-/m0/s1. The van der Waals surface area contributed by atoms with Crippen molar-refractivity contribution in [1.29, 1.82) is 0 Å². The Morgan fingerprint density at radius 1 is 1.62 bits per heavy atom. The van der Waals surface area contributed by atoms with E-state index in [2.05, 4.69) is 6.92 Å². The second kappa shape index (κ2) is 3.99. The van der Waals surface area contributed by atoms with Gasteiger partial charge in [0.15, 0.2) is 0 Å². The van der Waals surface area contributed by atoms with Crippen LogP contribution in [-0.2, 0) is 0 Å². The van der Waals surface area contributed by atoms with Gasteiger partial charge in [0.25, 0.3) is 0 Å². The Hall–Kier alpha value is -0.640. The van der Waals surface area contributed by atoms with Gasteiger partial charge in [0, 0.05) is 11.8 Å². The van der Waals surface area contributed by atoms with Gasteiger partial charge in [0.05, 0.1) is 0 Å². The predicted octanol–water partition coefficient (Wildman–Crippen LogP) is 2.23. The Balaban J connectivity index is 1.93. The molecule has 0 aliphatic heterocycles. The molecule has 5 atom stereocenters. The molecule has 92 valence electrons. The maximum atomic E-state index is 10.6. The summed E-state index contributed by atoms with van der Waals surface area (Å²) in [6, 6.07) is -0.831. The number of aliphatic hydroxyl groups is 1. The number of rotatable bonds is 4. The monoisotopic (exact) mass is 227 g/mol. The normalized spacial score (nSPS) is 40.9. The molecular formula is C12H21NO3. The molecule has 0 aromatic rings. The van der Waals surface area contributed by atoms with Crippen LogP contribution in [0.1, 0.15) is 46.0 Å². The number of nitrogens with zero attached hydrogens (tertiary/aromatic N) is 1. The summed E-state index contributed by atoms with van der Waals surface area (Å²) in [5, 5.41) is 20.4. The van der Waals surface area contributed by atoms with Crippen LogP contribution in [0.5, 0.6) is 0 Å². The van der Waals surface area contributed by atoms with Crippen LogP contribution in [0.4, 0.5) is 0 Å². The fourth-order valence-electron chi connectivity index (χ4n) is 3.67. The molecule has 1 N–H and O–H groups in total. The lowest BCUT2D eigenvalue weighted by Gasteiger charge is -2.32. The van der Waals surface area contributed by atoms with Gasteiger partial charge < -0.3 is 5.11 Å². The zero-order valence-corrected chi connectivity index (χ0v) is 10.1. The van der Waals surface area contributed by atoms with Crippen molar-refractivity contribution in [2.75, 3.05) is 0 Å². The highest BCUT2D eigenvalue weighted by Gasteiger charge is 2.49. The van der Waals surface area contributed by atoms with Crippen molar-refractivity contribution < 1.29 is 10.0 Å². The Morgan fingerprint density at radius 2 is 2.31 bits per heavy atom. The predicted molar refractivity (Wildman–Crippen MR) is 60.6 cm³/mol. The second-order valence-electron chi connectivity index (χ2n) is 6.02. The average Bonchev–Trinajstić information content (AvgIpc) is 2.71. The molecule has 2 aliphatic rings. The lowest BCUT2D eigenvalue weighted by molar-refractivity contribution is -0.530. The first-order chi connectivity index (χ1) is 7.42. The van der Waals surface area contributed by atoms with Gasteiger partial charge in [-0.15, -0.1) is 0 Å². The van der Waals surface area contributed by atoms with E-state index >= 15 is 0 Å². The van der Waals surface area contributed by atoms with Crippen molar-refractivity contribution >= 4 is 0 Å². The molecule has 2 bridgehead atoms. The number of fused-ring (bicyclic) bond motifs is 2. The second-order valence-corrected chi connectivity index (χ2v) is 6.02. The highest BCUT2D eigenvalue weighted by molar-refractivity contribution is 4.99. The summed E-state index contributed by atoms with van der Waals surface area (Å²) < 4.78 is 0. The Kier molecular flexibility index (Phi) is 2.95. The quantitative estimate of drug-likeness (QED) is 0.591. The minimum absolute atomic E-state index is 0.349. The fourth-order valence-corrected chi connectivity index (χ4v) is 3.67. The van der Waals surface area contributed by atoms with Crippen molar-refractivity contribution in [1.82, 2.24) is 0 Å². The molecule has 4 nitrogen and oxygen atoms in total. The molecule has 2 fully saturated rings. The summed E-state index contributed by atoms with van der Waals surface area (Å²) in [5.41, 5.74) is 0.349. The molecule has 3 unspecified atom stereocenters. The number of aliphatic hydroxyl groups excluding tert-OH is 1. The van der Waals surface area contributed by atoms with Crippen molar-refractivity contribution in [3.63, 3.8) is 0 Å². The van der Waals surface area contributed by atoms with Crippen LogP contribution in [0.25, 0.3) is 0 Å². The van der Waals surface area contributed by atoms with Crippen LogP contribution in [0, 0.1) is 27.4 Å². The molecule has 0 spiro atoms. The molecule has 2 aliphatic carbocycles. The van der Waals surface area contributed by atoms with Crippen LogP contribution in [0.3, 0.4) is 0 Å². The van der Waals surface area contributed by atoms with Gasteiger partial charge in [-0.3, -0.25) is 10.1 Å². The van der Waals surface area contributed by atoms with E-state index in [0.29, 0.717) is 17.8 Å². The van der Waals surface area contributed by atoms with E-state index in [-0.39, 0.29) is 4.92 Å². The van der Waals surface area contributed by atoms with Crippen LogP contribution >= 0.6 is 0 Å². The van der Waals surface area contributed by atoms with Gasteiger partial charge in [-0.1, -0.05) is 6.92 Å². The first-order valence-electron chi connectivity index (χ1n) is 6.24. The molecule has 0 saturated heterocycles. The molecule has 0 heterocycles. The summed E-state index contributed by atoms with van der Waals surface area (Å²) >= 11 is 0. The molecule has 0 radical (unpaired) electrons. The number of nitro groups is 1. The molecule has 0 aromatic heterocycles. The maximum Gasteiger partial charge on any atom is 0.235 e. The van der Waals surface area contributed by atoms with Crippen LogP contribution in [-0.4, -0.2) is 22.2 Å². The molecule has 16 heavy (non-hydrogen) atoms. The van der Waals surface area contributed by atoms with E-state index in [4.69, 9.17) is 0 Å². The molecule has 0 aromatic carbocycles. The van der Waals surface area contributed by atoms with Crippen molar-refractivity contribution in [2.45, 2.75) is 58.1 Å². The highest BCUT2D eigenvalue weighted by atomic mass is 16.6. The van der Waals surface area contributed by atoms with E-state index in [1.54, 1.807) is 0 Å². The topological polar surface area (TPSA) is 63.4 Å². The van der Waals surface area contributed by atoms with Crippen LogP contribution in [0.2, 0.25) is 0 Å². The van der Waals surface area contributed by atoms with Crippen molar-refractivity contribution in [3.05, 3.63) is 10.1 Å². The zero-order chi connectivity index (χ0) is 11.9. The van der Waals surface area contributed by atoms with Gasteiger partial charge in [0.2, 0.25) is 6.04 Å². The van der Waals surface area contributed by atoms with Gasteiger partial charge >= 0.3 is 0 Å². The summed E-state index contributed by atoms with van der Waals surface area (Å²) in [4.78, 5) is 10.2. The van der Waals surface area contributed by atoms with Gasteiger partial charge in [-0.2, -0.15) is 0 Å². The third-order valence-corrected chi connectivity index (χ3v) is 4.90. The van der Waals surface area contributed by atoms with E-state index < -0.39 is 12.1 Å². The van der Waals surface area contributed by atoms with E-state index in [0.717, 1.165) is 12.3 Å². The van der Waals surface area contributed by atoms with Crippen molar-refractivity contribution in [2.24, 2.45) is 17.3 Å². The summed E-state index contributed by atoms with van der Waals surface area (Å²) in [5.74, 6) is 1.30. The zero-order valence-electron chi connectivity index (χ0n) is 10.1. The Bertz CT molecular complexity index is 294. The lowest BCUT2D eigenvalue weighted by atomic mass is 9.73. The Labute approximate surface area is 96.2 Å². The van der Waals surface area contributed by atoms with Gasteiger partial charge in [-0.05, 0) is 49.4 Å². The molecule has 2 rings (SSSR count). The molecule has 2 saturated carbocycles. The lowest BCUT2D eigenvalue weighted by Crippen LogP contribution is -2.35. The summed E-state index contributed by atoms with van der Waals surface area (Å²) in [6.07, 6.45) is 4.80. The molecule has 4 heteroatoms. The first kappa shape index (κ1) is 11.8. The minimum atomic E-state index is -0.831. The number of hydrogen-bond acceptors (Lipinski definition) is 3.